The van der Waals surface area contributed by atoms with Gasteiger partial charge in [-0.1, -0.05) is 6.92 Å². The summed E-state index contributed by atoms with van der Waals surface area (Å²) in [5.41, 5.74) is -0.948. The Hall–Kier alpha value is -2.57. The van der Waals surface area contributed by atoms with Crippen molar-refractivity contribution in [3.8, 4) is 22.6 Å². The zero-order valence-corrected chi connectivity index (χ0v) is 15.5. The van der Waals surface area contributed by atoms with Gasteiger partial charge in [-0.15, -0.1) is 0 Å². The summed E-state index contributed by atoms with van der Waals surface area (Å²) >= 11 is 0. The molecule has 3 nitrogen and oxygen atoms in total. The van der Waals surface area contributed by atoms with E-state index in [0.717, 1.165) is 44.2 Å². The van der Waals surface area contributed by atoms with E-state index in [1.807, 2.05) is 0 Å². The highest BCUT2D eigenvalue weighted by atomic mass is 19.2. The van der Waals surface area contributed by atoms with E-state index >= 15 is 0 Å². The van der Waals surface area contributed by atoms with E-state index in [9.17, 15) is 22.4 Å². The van der Waals surface area contributed by atoms with E-state index in [1.165, 1.54) is 0 Å². The number of hydrogen-bond donors (Lipinski definition) is 0. The number of halogens is 4. The van der Waals surface area contributed by atoms with Crippen molar-refractivity contribution >= 4 is 5.97 Å². The summed E-state index contributed by atoms with van der Waals surface area (Å²) in [4.78, 5) is 12.2. The third-order valence-corrected chi connectivity index (χ3v) is 5.16. The molecule has 0 aliphatic heterocycles. The van der Waals surface area contributed by atoms with Gasteiger partial charge in [0.25, 0.3) is 0 Å². The maximum absolute atomic E-state index is 14.5. The van der Waals surface area contributed by atoms with Crippen LogP contribution in [0.3, 0.4) is 0 Å². The molecule has 0 saturated heterocycles. The minimum atomic E-state index is -1.43. The highest BCUT2D eigenvalue weighted by molar-refractivity contribution is 5.76. The molecule has 0 radical (unpaired) electrons. The molecule has 0 bridgehead atoms. The second-order valence-corrected chi connectivity index (χ2v) is 7.06. The first-order valence-corrected chi connectivity index (χ1v) is 9.05. The molecule has 2 aromatic rings. The monoisotopic (exact) mass is 396 g/mol. The van der Waals surface area contributed by atoms with Crippen LogP contribution < -0.4 is 9.47 Å². The molecule has 0 N–H and O–H groups in total. The van der Waals surface area contributed by atoms with Crippen LogP contribution in [0, 0.1) is 35.1 Å². The highest BCUT2D eigenvalue weighted by Gasteiger charge is 2.28. The zero-order chi connectivity index (χ0) is 20.4. The molecule has 1 saturated carbocycles. The zero-order valence-electron chi connectivity index (χ0n) is 15.5. The van der Waals surface area contributed by atoms with E-state index in [2.05, 4.69) is 11.7 Å². The number of methoxy groups -OCH3 is 1. The molecule has 0 unspecified atom stereocenters. The minimum absolute atomic E-state index is 0.352. The molecular formula is C21H20F4O3. The molecule has 1 aliphatic carbocycles. The number of rotatable bonds is 4. The maximum atomic E-state index is 14.5. The van der Waals surface area contributed by atoms with Crippen molar-refractivity contribution in [3.05, 3.63) is 47.5 Å². The molecule has 0 atom stereocenters. The predicted molar refractivity (Wildman–Crippen MR) is 95.0 cm³/mol. The molecule has 0 aromatic heterocycles. The van der Waals surface area contributed by atoms with Crippen LogP contribution in [0.4, 0.5) is 17.6 Å². The van der Waals surface area contributed by atoms with Crippen molar-refractivity contribution in [1.29, 1.82) is 0 Å². The summed E-state index contributed by atoms with van der Waals surface area (Å²) < 4.78 is 66.7. The molecule has 0 amide bonds. The van der Waals surface area contributed by atoms with Gasteiger partial charge in [-0.2, -0.15) is 8.78 Å². The van der Waals surface area contributed by atoms with Gasteiger partial charge in [0.1, 0.15) is 0 Å². The van der Waals surface area contributed by atoms with Crippen LogP contribution in [-0.2, 0) is 4.79 Å². The van der Waals surface area contributed by atoms with Crippen LogP contribution in [0.15, 0.2) is 24.3 Å². The lowest BCUT2D eigenvalue weighted by atomic mass is 9.83. The average Bonchev–Trinajstić information content (AvgIpc) is 2.69. The summed E-state index contributed by atoms with van der Waals surface area (Å²) in [6.07, 6.45) is 3.02. The van der Waals surface area contributed by atoms with Crippen LogP contribution in [0.5, 0.6) is 11.5 Å². The van der Waals surface area contributed by atoms with Crippen molar-refractivity contribution in [2.24, 2.45) is 11.8 Å². The Balaban J connectivity index is 1.86. The second-order valence-electron chi connectivity index (χ2n) is 7.06. The van der Waals surface area contributed by atoms with Crippen LogP contribution in [0.25, 0.3) is 11.1 Å². The first-order valence-electron chi connectivity index (χ1n) is 9.05. The Labute approximate surface area is 160 Å². The third kappa shape index (κ3) is 3.84. The van der Waals surface area contributed by atoms with Gasteiger partial charge in [-0.3, -0.25) is 4.79 Å². The van der Waals surface area contributed by atoms with Crippen LogP contribution in [0.1, 0.15) is 32.6 Å². The minimum Gasteiger partial charge on any atom is -0.494 e. The SMILES string of the molecule is COc1ccc(-c2ccc(OC(=O)C3CCC(C)CC3)c(F)c2F)c(F)c1F. The molecule has 3 rings (SSSR count). The van der Waals surface area contributed by atoms with Gasteiger partial charge in [0.2, 0.25) is 11.6 Å². The molecule has 28 heavy (non-hydrogen) atoms. The molecule has 7 heteroatoms. The van der Waals surface area contributed by atoms with Crippen molar-refractivity contribution in [2.75, 3.05) is 7.11 Å². The Morgan fingerprint density at radius 3 is 1.86 bits per heavy atom. The Morgan fingerprint density at radius 2 is 1.32 bits per heavy atom. The van der Waals surface area contributed by atoms with E-state index in [4.69, 9.17) is 4.74 Å². The number of carbonyl (C=O) groups is 1. The van der Waals surface area contributed by atoms with E-state index in [1.54, 1.807) is 0 Å². The average molecular weight is 396 g/mol. The fraction of sp³-hybridized carbons (Fsp3) is 0.381. The summed E-state index contributed by atoms with van der Waals surface area (Å²) in [5, 5.41) is 0. The van der Waals surface area contributed by atoms with Crippen LogP contribution in [-0.4, -0.2) is 13.1 Å². The van der Waals surface area contributed by atoms with Crippen molar-refractivity contribution in [1.82, 2.24) is 0 Å². The molecular weight excluding hydrogens is 376 g/mol. The van der Waals surface area contributed by atoms with E-state index < -0.39 is 46.1 Å². The Kier molecular flexibility index (Phi) is 5.91. The third-order valence-electron chi connectivity index (χ3n) is 5.16. The molecule has 1 aliphatic rings. The molecule has 150 valence electrons. The Bertz CT molecular complexity index is 890. The summed E-state index contributed by atoms with van der Waals surface area (Å²) in [7, 11) is 1.16. The van der Waals surface area contributed by atoms with Crippen molar-refractivity contribution < 1.29 is 31.8 Å². The molecule has 1 fully saturated rings. The van der Waals surface area contributed by atoms with Crippen LogP contribution >= 0.6 is 0 Å². The molecule has 2 aromatic carbocycles. The standard InChI is InChI=1S/C21H20F4O3/c1-11-3-5-12(6-4-11)21(26)28-16-10-8-14(18(23)20(16)25)13-7-9-15(27-2)19(24)17(13)22/h7-12H,3-6H2,1-2H3. The highest BCUT2D eigenvalue weighted by Crippen LogP contribution is 2.35. The topological polar surface area (TPSA) is 35.5 Å². The fourth-order valence-corrected chi connectivity index (χ4v) is 3.40. The van der Waals surface area contributed by atoms with E-state index in [-0.39, 0.29) is 11.7 Å². The van der Waals surface area contributed by atoms with E-state index in [0.29, 0.717) is 18.8 Å². The molecule has 0 spiro atoms. The number of hydrogen-bond acceptors (Lipinski definition) is 3. The first-order chi connectivity index (χ1) is 13.3. The molecule has 0 heterocycles. The normalized spacial score (nSPS) is 19.4. The van der Waals surface area contributed by atoms with Gasteiger partial charge in [-0.25, -0.2) is 8.78 Å². The van der Waals surface area contributed by atoms with Crippen molar-refractivity contribution in [3.63, 3.8) is 0 Å². The van der Waals surface area contributed by atoms with Gasteiger partial charge in [0.05, 0.1) is 13.0 Å². The van der Waals surface area contributed by atoms with Gasteiger partial charge in [0, 0.05) is 11.1 Å². The second kappa shape index (κ2) is 8.20. The number of benzene rings is 2. The quantitative estimate of drug-likeness (QED) is 0.381. The lowest BCUT2D eigenvalue weighted by molar-refractivity contribution is -0.140. The van der Waals surface area contributed by atoms with Gasteiger partial charge < -0.3 is 9.47 Å². The van der Waals surface area contributed by atoms with Crippen LogP contribution in [0.2, 0.25) is 0 Å². The smallest absolute Gasteiger partial charge is 0.314 e. The fourth-order valence-electron chi connectivity index (χ4n) is 3.40. The van der Waals surface area contributed by atoms with Gasteiger partial charge in [0.15, 0.2) is 23.1 Å². The lowest BCUT2D eigenvalue weighted by Crippen LogP contribution is -2.25. The maximum Gasteiger partial charge on any atom is 0.314 e. The summed E-state index contributed by atoms with van der Waals surface area (Å²) in [6, 6.07) is 4.29. The number of esters is 1. The largest absolute Gasteiger partial charge is 0.494 e. The Morgan fingerprint density at radius 1 is 0.821 bits per heavy atom. The number of carbonyl (C=O) groups excluding carboxylic acids is 1. The first kappa shape index (κ1) is 20.2. The summed E-state index contributed by atoms with van der Waals surface area (Å²) in [5.74, 6) is -6.88. The van der Waals surface area contributed by atoms with Gasteiger partial charge >= 0.3 is 5.97 Å². The van der Waals surface area contributed by atoms with Crippen molar-refractivity contribution in [2.45, 2.75) is 32.6 Å². The predicted octanol–water partition coefficient (Wildman–Crippen LogP) is 5.65. The summed E-state index contributed by atoms with van der Waals surface area (Å²) in [6.45, 7) is 2.09. The van der Waals surface area contributed by atoms with Gasteiger partial charge in [-0.05, 0) is 55.9 Å². The number of ether oxygens (including phenoxy) is 2. The lowest BCUT2D eigenvalue weighted by Gasteiger charge is -2.24.